The highest BCUT2D eigenvalue weighted by atomic mass is 32.2. The van der Waals surface area contributed by atoms with Crippen molar-refractivity contribution in [1.29, 1.82) is 0 Å². The number of nitrogens with zero attached hydrogens (tertiary/aromatic N) is 7. The molecule has 0 aromatic carbocycles. The molecule has 2 bridgehead atoms. The molecule has 40 heavy (non-hydrogen) atoms. The Morgan fingerprint density at radius 2 is 1.95 bits per heavy atom. The first kappa shape index (κ1) is 25.0. The van der Waals surface area contributed by atoms with E-state index in [1.54, 1.807) is 18.5 Å². The molecule has 0 aliphatic carbocycles. The normalized spacial score (nSPS) is 23.9. The maximum absolute atomic E-state index is 13.1. The van der Waals surface area contributed by atoms with Crippen LogP contribution in [0.2, 0.25) is 0 Å². The van der Waals surface area contributed by atoms with Crippen molar-refractivity contribution in [3.63, 3.8) is 0 Å². The number of fused-ring (bicyclic) bond motifs is 3. The zero-order valence-electron chi connectivity index (χ0n) is 21.6. The second-order valence-corrected chi connectivity index (χ2v) is 12.8. The number of nitrogen functional groups attached to an aromatic ring is 1. The molecule has 4 aromatic rings. The van der Waals surface area contributed by atoms with E-state index in [2.05, 4.69) is 25.3 Å². The van der Waals surface area contributed by atoms with E-state index < -0.39 is 15.4 Å². The van der Waals surface area contributed by atoms with Crippen molar-refractivity contribution in [3.8, 4) is 11.1 Å². The summed E-state index contributed by atoms with van der Waals surface area (Å²) in [5.74, 6) is -0.255. The Hall–Kier alpha value is -3.95. The number of rotatable bonds is 5. The fourth-order valence-corrected chi connectivity index (χ4v) is 7.37. The number of aliphatic hydroxyl groups is 1. The lowest BCUT2D eigenvalue weighted by molar-refractivity contribution is -0.186. The third-order valence-corrected chi connectivity index (χ3v) is 9.40. The summed E-state index contributed by atoms with van der Waals surface area (Å²) in [7, 11) is -3.76. The lowest BCUT2D eigenvalue weighted by Gasteiger charge is -2.38. The number of nitrogens with two attached hydrogens (primary N) is 1. The topological polar surface area (TPSA) is 195 Å². The molecule has 0 unspecified atom stereocenters. The van der Waals surface area contributed by atoms with Crippen LogP contribution >= 0.6 is 0 Å². The Morgan fingerprint density at radius 3 is 2.52 bits per heavy atom. The summed E-state index contributed by atoms with van der Waals surface area (Å²) < 4.78 is 32.5. The summed E-state index contributed by atoms with van der Waals surface area (Å²) in [6.45, 7) is 0.382. The molecule has 14 nitrogen and oxygen atoms in total. The molecule has 0 radical (unpaired) electrons. The zero-order valence-corrected chi connectivity index (χ0v) is 22.4. The highest BCUT2D eigenvalue weighted by Gasteiger charge is 2.46. The summed E-state index contributed by atoms with van der Waals surface area (Å²) in [6, 6.07) is 3.37. The minimum atomic E-state index is -3.76. The lowest BCUT2D eigenvalue weighted by Crippen LogP contribution is -2.47. The van der Waals surface area contributed by atoms with E-state index in [9.17, 15) is 18.3 Å². The average molecular weight is 566 g/mol. The molecule has 3 aliphatic rings. The summed E-state index contributed by atoms with van der Waals surface area (Å²) >= 11 is 0. The van der Waals surface area contributed by atoms with Gasteiger partial charge in [-0.3, -0.25) is 9.78 Å². The largest absolute Gasteiger partial charge is 0.382 e. The van der Waals surface area contributed by atoms with Crippen LogP contribution < -0.4 is 5.73 Å². The minimum Gasteiger partial charge on any atom is -0.382 e. The quantitative estimate of drug-likeness (QED) is 0.308. The standard InChI is InChI=1S/C25H27N9O5S/c1-40(37,38)20-19(14-6-15-3-4-16(7-14)33(15)24(35)22-28-12-29-32-22)31-23-17(9-30-34(23)21(20)26)13-2-5-18(27-8-13)25(36)10-39-11-25/h2,5,8-9,12,14-16,36H,3-4,6-7,10-11,26H2,1H3,(H,28,29,32)/t14-,15-,16+. The monoisotopic (exact) mass is 565 g/mol. The van der Waals surface area contributed by atoms with Crippen molar-refractivity contribution in [1.82, 2.24) is 39.7 Å². The fraction of sp³-hybridized carbons (Fsp3) is 0.440. The predicted octanol–water partition coefficient (Wildman–Crippen LogP) is 0.664. The molecule has 15 heteroatoms. The number of hydrogen-bond donors (Lipinski definition) is 3. The van der Waals surface area contributed by atoms with Crippen molar-refractivity contribution in [2.75, 3.05) is 25.2 Å². The number of nitrogens with one attached hydrogen (secondary N) is 1. The Morgan fingerprint density at radius 1 is 1.20 bits per heavy atom. The Bertz CT molecular complexity index is 1720. The number of amides is 1. The zero-order chi connectivity index (χ0) is 27.8. The number of anilines is 1. The van der Waals surface area contributed by atoms with Crippen LogP contribution in [-0.2, 0) is 20.2 Å². The van der Waals surface area contributed by atoms with Gasteiger partial charge in [-0.25, -0.2) is 13.4 Å². The number of carbonyl (C=O) groups excluding carboxylic acids is 1. The number of carbonyl (C=O) groups is 1. The van der Waals surface area contributed by atoms with Gasteiger partial charge in [-0.1, -0.05) is 6.07 Å². The van der Waals surface area contributed by atoms with E-state index in [-0.39, 0.29) is 53.7 Å². The molecule has 3 aliphatic heterocycles. The van der Waals surface area contributed by atoms with E-state index in [0.717, 1.165) is 19.1 Å². The predicted molar refractivity (Wildman–Crippen MR) is 140 cm³/mol. The second kappa shape index (κ2) is 8.78. The van der Waals surface area contributed by atoms with Gasteiger partial charge >= 0.3 is 0 Å². The van der Waals surface area contributed by atoms with E-state index in [1.165, 1.54) is 10.8 Å². The Labute approximate surface area is 228 Å². The number of H-pyrrole nitrogens is 1. The van der Waals surface area contributed by atoms with Crippen LogP contribution in [0.1, 0.15) is 53.6 Å². The highest BCUT2D eigenvalue weighted by molar-refractivity contribution is 7.91. The molecule has 1 amide bonds. The number of aromatic amines is 1. The smallest absolute Gasteiger partial charge is 0.292 e. The van der Waals surface area contributed by atoms with Gasteiger partial charge in [0.05, 0.1) is 30.8 Å². The van der Waals surface area contributed by atoms with Gasteiger partial charge in [0, 0.05) is 41.6 Å². The highest BCUT2D eigenvalue weighted by Crippen LogP contribution is 2.45. The summed E-state index contributed by atoms with van der Waals surface area (Å²) in [5.41, 5.74) is 8.01. The van der Waals surface area contributed by atoms with E-state index in [1.807, 2.05) is 11.0 Å². The SMILES string of the molecule is CS(=O)(=O)c1c([C@@H]2C[C@H]3CC[C@@H](C2)N3C(=O)c2nnc[nH]2)nc2c(-c3ccc(C4(O)COC4)nc3)cnn2c1N. The van der Waals surface area contributed by atoms with Crippen LogP contribution in [-0.4, -0.2) is 90.6 Å². The first-order chi connectivity index (χ1) is 19.1. The third-order valence-electron chi connectivity index (χ3n) is 8.24. The molecule has 0 saturated carbocycles. The van der Waals surface area contributed by atoms with E-state index in [4.69, 9.17) is 15.5 Å². The first-order valence-corrected chi connectivity index (χ1v) is 14.9. The second-order valence-electron chi connectivity index (χ2n) is 10.8. The van der Waals surface area contributed by atoms with Gasteiger partial charge in [-0.05, 0) is 31.7 Å². The molecule has 208 valence electrons. The van der Waals surface area contributed by atoms with Gasteiger partial charge < -0.3 is 25.5 Å². The number of aromatic nitrogens is 7. The summed E-state index contributed by atoms with van der Waals surface area (Å²) in [5, 5.41) is 22.5. The average Bonchev–Trinajstić information content (AvgIpc) is 3.65. The van der Waals surface area contributed by atoms with E-state index >= 15 is 0 Å². The van der Waals surface area contributed by atoms with Gasteiger partial charge in [-0.2, -0.15) is 9.61 Å². The van der Waals surface area contributed by atoms with Crippen LogP contribution in [0.5, 0.6) is 0 Å². The molecule has 3 atom stereocenters. The molecule has 7 rings (SSSR count). The van der Waals surface area contributed by atoms with Crippen LogP contribution in [0.3, 0.4) is 0 Å². The van der Waals surface area contributed by atoms with Crippen LogP contribution in [0, 0.1) is 0 Å². The van der Waals surface area contributed by atoms with Crippen LogP contribution in [0.15, 0.2) is 35.7 Å². The molecular formula is C25H27N9O5S. The maximum Gasteiger partial charge on any atom is 0.292 e. The summed E-state index contributed by atoms with van der Waals surface area (Å²) in [6.07, 6.45) is 8.39. The van der Waals surface area contributed by atoms with Crippen molar-refractivity contribution in [3.05, 3.63) is 48.1 Å². The molecule has 3 saturated heterocycles. The van der Waals surface area contributed by atoms with Crippen molar-refractivity contribution in [2.24, 2.45) is 0 Å². The van der Waals surface area contributed by atoms with Gasteiger partial charge in [0.1, 0.15) is 17.0 Å². The van der Waals surface area contributed by atoms with Gasteiger partial charge in [-0.15, -0.1) is 10.2 Å². The van der Waals surface area contributed by atoms with E-state index in [0.29, 0.717) is 41.0 Å². The van der Waals surface area contributed by atoms with Crippen molar-refractivity contribution in [2.45, 2.75) is 54.2 Å². The van der Waals surface area contributed by atoms with Crippen LogP contribution in [0.25, 0.3) is 16.8 Å². The van der Waals surface area contributed by atoms with Gasteiger partial charge in [0.25, 0.3) is 5.91 Å². The number of hydrogen-bond acceptors (Lipinski definition) is 11. The maximum atomic E-state index is 13.1. The Kier molecular flexibility index (Phi) is 5.49. The fourth-order valence-electron chi connectivity index (χ4n) is 6.31. The van der Waals surface area contributed by atoms with Gasteiger partial charge in [0.15, 0.2) is 21.1 Å². The third kappa shape index (κ3) is 3.79. The molecule has 0 spiro atoms. The number of piperidine rings is 1. The Balaban J connectivity index is 1.28. The van der Waals surface area contributed by atoms with Crippen molar-refractivity contribution >= 4 is 27.2 Å². The molecule has 7 heterocycles. The lowest BCUT2D eigenvalue weighted by atomic mass is 9.87. The number of pyridine rings is 1. The molecule has 4 N–H and O–H groups in total. The molecular weight excluding hydrogens is 538 g/mol. The molecule has 4 aromatic heterocycles. The first-order valence-electron chi connectivity index (χ1n) is 13.0. The number of ether oxygens (including phenoxy) is 1. The van der Waals surface area contributed by atoms with Gasteiger partial charge in [0.2, 0.25) is 5.82 Å². The van der Waals surface area contributed by atoms with Crippen LogP contribution in [0.4, 0.5) is 5.82 Å². The van der Waals surface area contributed by atoms with Crippen molar-refractivity contribution < 1.29 is 23.1 Å². The minimum absolute atomic E-state index is 0.00762. The summed E-state index contributed by atoms with van der Waals surface area (Å²) in [4.78, 5) is 27.0. The number of sulfone groups is 1. The molecule has 3 fully saturated rings.